The number of hydrogen-bond donors (Lipinski definition) is 1. The summed E-state index contributed by atoms with van der Waals surface area (Å²) in [5, 5.41) is 7.00. The number of methoxy groups -OCH3 is 1. The molecule has 0 saturated heterocycles. The van der Waals surface area contributed by atoms with Crippen LogP contribution in [0.1, 0.15) is 29.9 Å². The summed E-state index contributed by atoms with van der Waals surface area (Å²) in [7, 11) is -2.24. The quantitative estimate of drug-likeness (QED) is 0.574. The third-order valence-corrected chi connectivity index (χ3v) is 6.93. The Kier molecular flexibility index (Phi) is 6.71. The largest absolute Gasteiger partial charge is 0.495 e. The Balaban J connectivity index is 1.94. The van der Waals surface area contributed by atoms with E-state index in [2.05, 4.69) is 15.4 Å². The molecule has 2 aromatic heterocycles. The zero-order valence-electron chi connectivity index (χ0n) is 17.9. The summed E-state index contributed by atoms with van der Waals surface area (Å²) in [4.78, 5) is 17.3. The number of aromatic nitrogens is 3. The number of pyridine rings is 1. The van der Waals surface area contributed by atoms with Crippen LogP contribution in [0.4, 0.5) is 5.69 Å². The number of amides is 1. The number of carbonyl (C=O) groups is 1. The predicted octanol–water partition coefficient (Wildman–Crippen LogP) is 2.87. The van der Waals surface area contributed by atoms with Gasteiger partial charge in [-0.2, -0.15) is 9.40 Å². The Hall–Kier alpha value is -3.24. The zero-order valence-corrected chi connectivity index (χ0v) is 18.7. The van der Waals surface area contributed by atoms with Gasteiger partial charge in [-0.3, -0.25) is 4.79 Å². The second-order valence-electron chi connectivity index (χ2n) is 6.65. The van der Waals surface area contributed by atoms with E-state index in [1.807, 2.05) is 6.07 Å². The molecule has 3 rings (SSSR count). The zero-order chi connectivity index (χ0) is 22.6. The maximum Gasteiger partial charge on any atom is 0.259 e. The van der Waals surface area contributed by atoms with E-state index in [1.54, 1.807) is 43.8 Å². The highest BCUT2D eigenvalue weighted by Gasteiger charge is 2.24. The summed E-state index contributed by atoms with van der Waals surface area (Å²) in [6.45, 7) is 6.00. The van der Waals surface area contributed by atoms with Crippen molar-refractivity contribution < 1.29 is 17.9 Å². The van der Waals surface area contributed by atoms with Gasteiger partial charge in [0, 0.05) is 19.3 Å². The van der Waals surface area contributed by atoms with Gasteiger partial charge in [0.2, 0.25) is 10.0 Å². The average Bonchev–Trinajstić information content (AvgIpc) is 3.16. The molecule has 0 bridgehead atoms. The second kappa shape index (κ2) is 9.27. The van der Waals surface area contributed by atoms with E-state index in [0.717, 1.165) is 0 Å². The first-order valence-electron chi connectivity index (χ1n) is 9.79. The normalized spacial score (nSPS) is 11.5. The van der Waals surface area contributed by atoms with Crippen LogP contribution < -0.4 is 10.1 Å². The van der Waals surface area contributed by atoms with Crippen LogP contribution in [0.2, 0.25) is 0 Å². The van der Waals surface area contributed by atoms with E-state index in [4.69, 9.17) is 4.74 Å². The molecule has 0 saturated carbocycles. The van der Waals surface area contributed by atoms with Crippen LogP contribution in [0, 0.1) is 6.92 Å². The van der Waals surface area contributed by atoms with Crippen LogP contribution in [0.5, 0.6) is 5.75 Å². The van der Waals surface area contributed by atoms with Crippen LogP contribution >= 0.6 is 0 Å². The number of carbonyl (C=O) groups excluding carboxylic acids is 1. The first-order valence-corrected chi connectivity index (χ1v) is 11.2. The lowest BCUT2D eigenvalue weighted by atomic mass is 10.2. The molecule has 1 aromatic carbocycles. The number of ether oxygens (including phenoxy) is 1. The SMILES string of the molecule is CCN(CC)S(=O)(=O)c1ccc(OC)c(NC(=O)c2cnn(-c3ccccn3)c2C)c1. The van der Waals surface area contributed by atoms with Gasteiger partial charge in [0.05, 0.1) is 35.1 Å². The fourth-order valence-corrected chi connectivity index (χ4v) is 4.67. The van der Waals surface area contributed by atoms with Gasteiger partial charge in [0.15, 0.2) is 5.82 Å². The van der Waals surface area contributed by atoms with Gasteiger partial charge in [0.25, 0.3) is 5.91 Å². The van der Waals surface area contributed by atoms with Crippen molar-refractivity contribution in [3.63, 3.8) is 0 Å². The molecule has 0 atom stereocenters. The van der Waals surface area contributed by atoms with Crippen LogP contribution in [-0.2, 0) is 10.0 Å². The molecule has 31 heavy (non-hydrogen) atoms. The molecular formula is C21H25N5O4S. The van der Waals surface area contributed by atoms with Crippen molar-refractivity contribution in [2.75, 3.05) is 25.5 Å². The Bertz CT molecular complexity index is 1170. The molecule has 0 aliphatic rings. The minimum absolute atomic E-state index is 0.0770. The highest BCUT2D eigenvalue weighted by molar-refractivity contribution is 7.89. The van der Waals surface area contributed by atoms with Crippen LogP contribution in [0.15, 0.2) is 53.7 Å². The molecule has 10 heteroatoms. The summed E-state index contributed by atoms with van der Waals surface area (Å²) in [6, 6.07) is 9.80. The lowest BCUT2D eigenvalue weighted by molar-refractivity contribution is 0.102. The summed E-state index contributed by atoms with van der Waals surface area (Å²) in [5.41, 5.74) is 1.19. The smallest absolute Gasteiger partial charge is 0.259 e. The number of nitrogens with one attached hydrogen (secondary N) is 1. The molecule has 9 nitrogen and oxygen atoms in total. The second-order valence-corrected chi connectivity index (χ2v) is 8.59. The topological polar surface area (TPSA) is 106 Å². The van der Waals surface area contributed by atoms with Gasteiger partial charge >= 0.3 is 0 Å². The van der Waals surface area contributed by atoms with Gasteiger partial charge in [-0.25, -0.2) is 18.1 Å². The first kappa shape index (κ1) is 22.4. The maximum atomic E-state index is 13.0. The highest BCUT2D eigenvalue weighted by atomic mass is 32.2. The fraction of sp³-hybridized carbons (Fsp3) is 0.286. The van der Waals surface area contributed by atoms with Crippen molar-refractivity contribution in [2.24, 2.45) is 0 Å². The number of benzene rings is 1. The molecule has 0 spiro atoms. The van der Waals surface area contributed by atoms with E-state index in [0.29, 0.717) is 35.9 Å². The fourth-order valence-electron chi connectivity index (χ4n) is 3.19. The summed E-state index contributed by atoms with van der Waals surface area (Å²) in [6.07, 6.45) is 3.09. The van der Waals surface area contributed by atoms with Crippen LogP contribution in [0.25, 0.3) is 5.82 Å². The Labute approximate surface area is 181 Å². The number of nitrogens with zero attached hydrogens (tertiary/aromatic N) is 4. The minimum atomic E-state index is -3.69. The molecule has 1 N–H and O–H groups in total. The van der Waals surface area contributed by atoms with Crippen molar-refractivity contribution in [1.82, 2.24) is 19.1 Å². The number of sulfonamides is 1. The molecule has 0 aliphatic heterocycles. The van der Waals surface area contributed by atoms with Crippen molar-refractivity contribution >= 4 is 21.6 Å². The van der Waals surface area contributed by atoms with E-state index >= 15 is 0 Å². The van der Waals surface area contributed by atoms with Crippen molar-refractivity contribution in [2.45, 2.75) is 25.7 Å². The summed E-state index contributed by atoms with van der Waals surface area (Å²) >= 11 is 0. The first-order chi connectivity index (χ1) is 14.8. The van der Waals surface area contributed by atoms with Gasteiger partial charge in [-0.15, -0.1) is 0 Å². The summed E-state index contributed by atoms with van der Waals surface area (Å²) in [5.74, 6) is 0.501. The lowest BCUT2D eigenvalue weighted by Crippen LogP contribution is -2.30. The monoisotopic (exact) mass is 443 g/mol. The average molecular weight is 444 g/mol. The molecule has 2 heterocycles. The maximum absolute atomic E-state index is 13.0. The number of anilines is 1. The van der Waals surface area contributed by atoms with E-state index in [1.165, 1.54) is 35.8 Å². The highest BCUT2D eigenvalue weighted by Crippen LogP contribution is 2.29. The molecule has 3 aromatic rings. The minimum Gasteiger partial charge on any atom is -0.495 e. The van der Waals surface area contributed by atoms with E-state index in [-0.39, 0.29) is 10.6 Å². The molecule has 1 amide bonds. The van der Waals surface area contributed by atoms with E-state index in [9.17, 15) is 13.2 Å². The molecular weight excluding hydrogens is 418 g/mol. The molecule has 164 valence electrons. The van der Waals surface area contributed by atoms with Gasteiger partial charge < -0.3 is 10.1 Å². The third kappa shape index (κ3) is 4.44. The van der Waals surface area contributed by atoms with Crippen molar-refractivity contribution in [3.05, 3.63) is 60.0 Å². The van der Waals surface area contributed by atoms with E-state index < -0.39 is 15.9 Å². The van der Waals surface area contributed by atoms with Gasteiger partial charge in [-0.1, -0.05) is 19.9 Å². The van der Waals surface area contributed by atoms with Crippen molar-refractivity contribution in [1.29, 1.82) is 0 Å². The number of hydrogen-bond acceptors (Lipinski definition) is 6. The van der Waals surface area contributed by atoms with Crippen LogP contribution in [0.3, 0.4) is 0 Å². The predicted molar refractivity (Wildman–Crippen MR) is 117 cm³/mol. The Morgan fingerprint density at radius 3 is 2.55 bits per heavy atom. The van der Waals surface area contributed by atoms with Crippen molar-refractivity contribution in [3.8, 4) is 11.6 Å². The van der Waals surface area contributed by atoms with Gasteiger partial charge in [0.1, 0.15) is 5.75 Å². The van der Waals surface area contributed by atoms with Crippen LogP contribution in [-0.4, -0.2) is 53.6 Å². The molecule has 0 unspecified atom stereocenters. The third-order valence-electron chi connectivity index (χ3n) is 4.88. The number of rotatable bonds is 8. The Morgan fingerprint density at radius 1 is 1.19 bits per heavy atom. The summed E-state index contributed by atoms with van der Waals surface area (Å²) < 4.78 is 34.0. The molecule has 0 aliphatic carbocycles. The van der Waals surface area contributed by atoms with Gasteiger partial charge in [-0.05, 0) is 37.3 Å². The lowest BCUT2D eigenvalue weighted by Gasteiger charge is -2.19. The molecule has 0 fully saturated rings. The standard InChI is InChI=1S/C21H25N5O4S/c1-5-25(6-2)31(28,29)16-10-11-19(30-4)18(13-16)24-21(27)17-14-23-26(15(17)3)20-9-7-8-12-22-20/h7-14H,5-6H2,1-4H3,(H,24,27). The Morgan fingerprint density at radius 2 is 1.94 bits per heavy atom. The molecule has 0 radical (unpaired) electrons.